The topological polar surface area (TPSA) is 43.7 Å². The Hall–Kier alpha value is -1.34. The Bertz CT molecular complexity index is 1270. The van der Waals surface area contributed by atoms with E-state index in [0.29, 0.717) is 42.4 Å². The lowest BCUT2D eigenvalue weighted by Crippen LogP contribution is -2.60. The Morgan fingerprint density at radius 3 is 2.25 bits per heavy atom. The van der Waals surface area contributed by atoms with Crippen LogP contribution in [-0.2, 0) is 6.42 Å². The first-order valence-electron chi connectivity index (χ1n) is 17.3. The van der Waals surface area contributed by atoms with Crippen LogP contribution >= 0.6 is 11.8 Å². The van der Waals surface area contributed by atoms with Crippen molar-refractivity contribution in [3.05, 3.63) is 29.3 Å². The van der Waals surface area contributed by atoms with Crippen molar-refractivity contribution in [3.8, 4) is 5.75 Å². The number of phenols is 1. The second-order valence-corrected chi connectivity index (χ2v) is 16.4. The number of hydrogen-bond acceptors (Lipinski definition) is 4. The fourth-order valence-corrected chi connectivity index (χ4v) is 10.6. The van der Waals surface area contributed by atoms with Crippen molar-refractivity contribution in [2.45, 2.75) is 120 Å². The molecular formula is C35H48F9NO2S. The number of unbranched alkanes of at least 4 members (excludes halogenated alkanes) is 2. The first kappa shape index (κ1) is 37.9. The van der Waals surface area contributed by atoms with Gasteiger partial charge in [-0.2, -0.15) is 51.3 Å². The van der Waals surface area contributed by atoms with Crippen molar-refractivity contribution in [1.82, 2.24) is 4.90 Å². The molecule has 0 heterocycles. The highest BCUT2D eigenvalue weighted by molar-refractivity contribution is 7.99. The third-order valence-corrected chi connectivity index (χ3v) is 13.6. The molecule has 1 aromatic carbocycles. The van der Waals surface area contributed by atoms with Crippen LogP contribution in [0.25, 0.3) is 0 Å². The minimum atomic E-state index is -6.83. The lowest BCUT2D eigenvalue weighted by molar-refractivity contribution is -0.396. The third-order valence-electron chi connectivity index (χ3n) is 12.5. The Balaban J connectivity index is 1.04. The molecule has 2 N–H and O–H groups in total. The maximum atomic E-state index is 13.7. The summed E-state index contributed by atoms with van der Waals surface area (Å²) in [6, 6.07) is 5.84. The Kier molecular flexibility index (Phi) is 10.8. The fraction of sp³-hybridized carbons (Fsp3) is 0.829. The van der Waals surface area contributed by atoms with E-state index in [9.17, 15) is 49.7 Å². The van der Waals surface area contributed by atoms with Gasteiger partial charge in [-0.25, -0.2) is 0 Å². The summed E-state index contributed by atoms with van der Waals surface area (Å²) < 4.78 is 117. The number of alkyl halides is 9. The Morgan fingerprint density at radius 1 is 0.896 bits per heavy atom. The molecule has 3 nitrogen and oxygen atoms in total. The molecule has 0 aromatic heterocycles. The summed E-state index contributed by atoms with van der Waals surface area (Å²) >= 11 is 0.822. The molecular weight excluding hydrogens is 669 g/mol. The van der Waals surface area contributed by atoms with Crippen LogP contribution in [0.3, 0.4) is 0 Å². The number of nitrogens with zero attached hydrogens (tertiary/aromatic N) is 1. The normalized spacial score (nSPS) is 30.0. The summed E-state index contributed by atoms with van der Waals surface area (Å²) in [7, 11) is 1.91. The number of fused-ring (bicyclic) bond motifs is 6. The summed E-state index contributed by atoms with van der Waals surface area (Å²) in [6.07, 6.45) is 2.14. The second-order valence-electron chi connectivity index (χ2n) is 15.2. The number of halogens is 9. The van der Waals surface area contributed by atoms with Gasteiger partial charge in [-0.05, 0) is 142 Å². The number of hydrogen-bond donors (Lipinski definition) is 2. The van der Waals surface area contributed by atoms with E-state index in [2.05, 4.69) is 17.9 Å². The summed E-state index contributed by atoms with van der Waals surface area (Å²) in [5.74, 6) is -17.0. The molecule has 0 saturated heterocycles. The molecule has 0 amide bonds. The zero-order valence-corrected chi connectivity index (χ0v) is 28.4. The van der Waals surface area contributed by atoms with Crippen molar-refractivity contribution in [3.63, 3.8) is 0 Å². The largest absolute Gasteiger partial charge is 0.508 e. The van der Waals surface area contributed by atoms with Crippen LogP contribution < -0.4 is 0 Å². The van der Waals surface area contributed by atoms with E-state index >= 15 is 0 Å². The van der Waals surface area contributed by atoms with Crippen molar-refractivity contribution >= 4 is 11.8 Å². The van der Waals surface area contributed by atoms with Gasteiger partial charge in [0.05, 0.1) is 6.10 Å². The highest BCUT2D eigenvalue weighted by Gasteiger charge is 2.81. The smallest absolute Gasteiger partial charge is 0.460 e. The number of benzene rings is 1. The van der Waals surface area contributed by atoms with Gasteiger partial charge in [0.15, 0.2) is 0 Å². The maximum Gasteiger partial charge on any atom is 0.460 e. The van der Waals surface area contributed by atoms with Crippen molar-refractivity contribution in [2.24, 2.45) is 28.6 Å². The molecule has 1 spiro atoms. The van der Waals surface area contributed by atoms with Crippen molar-refractivity contribution in [2.75, 3.05) is 31.6 Å². The van der Waals surface area contributed by atoms with Crippen LogP contribution in [0.1, 0.15) is 94.6 Å². The second kappa shape index (κ2) is 13.7. The number of rotatable bonds is 15. The predicted molar refractivity (Wildman–Crippen MR) is 168 cm³/mol. The molecule has 3 saturated carbocycles. The summed E-state index contributed by atoms with van der Waals surface area (Å²) in [5, 5.41) is 21.4. The summed E-state index contributed by atoms with van der Waals surface area (Å²) in [5.41, 5.74) is 2.89. The van der Waals surface area contributed by atoms with Crippen LogP contribution in [0.2, 0.25) is 0 Å². The average Bonchev–Trinajstić information content (AvgIpc) is 3.78. The van der Waals surface area contributed by atoms with Gasteiger partial charge >= 0.3 is 23.9 Å². The summed E-state index contributed by atoms with van der Waals surface area (Å²) in [6.45, 7) is 3.83. The molecule has 48 heavy (non-hydrogen) atoms. The first-order chi connectivity index (χ1) is 22.3. The molecule has 1 aromatic rings. The van der Waals surface area contributed by atoms with E-state index in [1.165, 1.54) is 11.1 Å². The van der Waals surface area contributed by atoms with Crippen molar-refractivity contribution < 1.29 is 49.7 Å². The van der Waals surface area contributed by atoms with Gasteiger partial charge in [0.2, 0.25) is 0 Å². The molecule has 6 atom stereocenters. The van der Waals surface area contributed by atoms with Crippen LogP contribution in [0.4, 0.5) is 39.5 Å². The van der Waals surface area contributed by atoms with E-state index in [-0.39, 0.29) is 22.7 Å². The fourth-order valence-electron chi connectivity index (χ4n) is 9.70. The molecule has 5 rings (SSSR count). The minimum Gasteiger partial charge on any atom is -0.508 e. The lowest BCUT2D eigenvalue weighted by atomic mass is 9.50. The molecule has 0 radical (unpaired) electrons. The van der Waals surface area contributed by atoms with E-state index in [1.54, 1.807) is 6.07 Å². The van der Waals surface area contributed by atoms with E-state index in [0.717, 1.165) is 82.5 Å². The van der Waals surface area contributed by atoms with Gasteiger partial charge in [-0.1, -0.05) is 25.8 Å². The molecule has 4 aliphatic rings. The van der Waals surface area contributed by atoms with Gasteiger partial charge in [-0.15, -0.1) is 0 Å². The van der Waals surface area contributed by atoms with E-state index < -0.39 is 36.1 Å². The Morgan fingerprint density at radius 2 is 1.58 bits per heavy atom. The summed E-state index contributed by atoms with van der Waals surface area (Å²) in [4.78, 5) is 2.07. The quantitative estimate of drug-likeness (QED) is 0.140. The number of aliphatic hydroxyl groups is 1. The van der Waals surface area contributed by atoms with Gasteiger partial charge in [-0.3, -0.25) is 0 Å². The van der Waals surface area contributed by atoms with Gasteiger partial charge in [0.25, 0.3) is 0 Å². The van der Waals surface area contributed by atoms with E-state index in [1.807, 2.05) is 13.1 Å². The Labute approximate surface area is 281 Å². The van der Waals surface area contributed by atoms with E-state index in [4.69, 9.17) is 0 Å². The standard InChI is InChI=1S/C35H48F9NO2S/c1-30-11-10-26-25-9-8-24(46)20-23(25)19-22(29(26)27(30)21-28(47)31(30)12-13-31)7-4-3-5-15-45(2)16-6-17-48-18-14-32(36,37)33(38,39)34(40,41)35(42,43)44/h8-9,20,22,26-29,46-47H,3-7,10-19,21H2,1-2H3/t22-,26?,27?,28-,29?,30+/m1/s1. The monoisotopic (exact) mass is 717 g/mol. The van der Waals surface area contributed by atoms with Crippen molar-refractivity contribution in [1.29, 1.82) is 0 Å². The lowest BCUT2D eigenvalue weighted by Gasteiger charge is -2.54. The van der Waals surface area contributed by atoms with Gasteiger partial charge in [0.1, 0.15) is 5.75 Å². The molecule has 0 bridgehead atoms. The number of thioether (sulfide) groups is 1. The molecule has 0 aliphatic heterocycles. The number of aliphatic hydroxyl groups excluding tert-OH is 1. The number of phenolic OH excluding ortho intramolecular Hbond substituents is 1. The van der Waals surface area contributed by atoms with Crippen LogP contribution in [0, 0.1) is 28.6 Å². The molecule has 3 fully saturated rings. The highest BCUT2D eigenvalue weighted by Crippen LogP contribution is 2.76. The van der Waals surface area contributed by atoms with Gasteiger partial charge in [0, 0.05) is 11.8 Å². The molecule has 4 aliphatic carbocycles. The first-order valence-corrected chi connectivity index (χ1v) is 18.4. The zero-order chi connectivity index (χ0) is 35.3. The minimum absolute atomic E-state index is 0.0969. The third kappa shape index (κ3) is 6.71. The molecule has 13 heteroatoms. The van der Waals surface area contributed by atoms with Crippen LogP contribution in [-0.4, -0.2) is 76.8 Å². The molecule has 274 valence electrons. The maximum absolute atomic E-state index is 13.7. The zero-order valence-electron chi connectivity index (χ0n) is 27.6. The SMILES string of the molecule is CN(CCCCC[C@@H]1Cc2cc(O)ccc2C2CC[C@@]3(C)C(C[C@@H](O)C34CC4)C21)CCCSCCC(F)(F)C(F)(F)C(F)(F)C(F)(F)F. The van der Waals surface area contributed by atoms with Crippen LogP contribution in [0.15, 0.2) is 18.2 Å². The number of aromatic hydroxyl groups is 1. The average molecular weight is 718 g/mol. The van der Waals surface area contributed by atoms with Crippen LogP contribution in [0.5, 0.6) is 5.75 Å². The molecule has 3 unspecified atom stereocenters. The predicted octanol–water partition coefficient (Wildman–Crippen LogP) is 9.70. The van der Waals surface area contributed by atoms with Gasteiger partial charge < -0.3 is 15.1 Å². The highest BCUT2D eigenvalue weighted by atomic mass is 32.2.